The number of benzene rings is 1. The summed E-state index contributed by atoms with van der Waals surface area (Å²) < 4.78 is 20.0. The molecule has 1 aromatic carbocycles. The zero-order chi connectivity index (χ0) is 20.4. The predicted octanol–water partition coefficient (Wildman–Crippen LogP) is 3.99. The number of aromatic nitrogens is 1. The molecule has 152 valence electrons. The summed E-state index contributed by atoms with van der Waals surface area (Å²) in [6, 6.07) is 7.31. The summed E-state index contributed by atoms with van der Waals surface area (Å²) in [5.74, 6) is 0.694. The molecule has 29 heavy (non-hydrogen) atoms. The third-order valence-corrected chi connectivity index (χ3v) is 6.83. The summed E-state index contributed by atoms with van der Waals surface area (Å²) in [6.45, 7) is 3.42. The molecule has 1 aliphatic rings. The van der Waals surface area contributed by atoms with Gasteiger partial charge in [-0.15, -0.1) is 11.3 Å². The van der Waals surface area contributed by atoms with E-state index in [1.165, 1.54) is 22.7 Å². The number of aryl methyl sites for hydroxylation is 1. The van der Waals surface area contributed by atoms with Crippen molar-refractivity contribution in [3.05, 3.63) is 37.7 Å². The number of hydrogen-bond acceptors (Lipinski definition) is 7. The lowest BCUT2D eigenvalue weighted by Gasteiger charge is -2.18. The Labute approximate surface area is 182 Å². The third kappa shape index (κ3) is 4.39. The molecule has 10 heteroatoms. The molecular weight excluding hydrogens is 480 g/mol. The van der Waals surface area contributed by atoms with E-state index < -0.39 is 0 Å². The molecule has 3 heterocycles. The minimum absolute atomic E-state index is 0.181. The Balaban J connectivity index is 1.78. The lowest BCUT2D eigenvalue weighted by molar-refractivity contribution is -0.143. The smallest absolute Gasteiger partial charge is 0.307 e. The SMILES string of the molecule is CCOC(=O)CCn1c(=NC(=O)c2ccc(Br)s2)sc2cc3c(cc21)OCCO3. The quantitative estimate of drug-likeness (QED) is 0.498. The van der Waals surface area contributed by atoms with Gasteiger partial charge in [0, 0.05) is 18.7 Å². The number of nitrogens with zero attached hydrogens (tertiary/aromatic N) is 2. The average molecular weight is 497 g/mol. The highest BCUT2D eigenvalue weighted by atomic mass is 79.9. The van der Waals surface area contributed by atoms with Crippen LogP contribution in [-0.2, 0) is 16.1 Å². The summed E-state index contributed by atoms with van der Waals surface area (Å²) in [4.78, 5) is 29.9. The number of esters is 1. The van der Waals surface area contributed by atoms with Crippen molar-refractivity contribution in [2.24, 2.45) is 4.99 Å². The molecular formula is C19H17BrN2O5S2. The van der Waals surface area contributed by atoms with E-state index in [4.69, 9.17) is 14.2 Å². The first kappa shape index (κ1) is 20.1. The molecule has 0 atom stereocenters. The Hall–Kier alpha value is -2.17. The fourth-order valence-electron chi connectivity index (χ4n) is 2.92. The van der Waals surface area contributed by atoms with Gasteiger partial charge in [0.05, 0.1) is 31.9 Å². The van der Waals surface area contributed by atoms with Crippen molar-refractivity contribution in [3.8, 4) is 11.5 Å². The highest BCUT2D eigenvalue weighted by Crippen LogP contribution is 2.35. The van der Waals surface area contributed by atoms with Gasteiger partial charge in [0.25, 0.3) is 5.91 Å². The van der Waals surface area contributed by atoms with Gasteiger partial charge in [-0.05, 0) is 35.0 Å². The summed E-state index contributed by atoms with van der Waals surface area (Å²) in [5.41, 5.74) is 0.836. The van der Waals surface area contributed by atoms with Crippen LogP contribution in [0.2, 0.25) is 0 Å². The summed E-state index contributed by atoms with van der Waals surface area (Å²) >= 11 is 6.06. The molecule has 0 N–H and O–H groups in total. The van der Waals surface area contributed by atoms with Crippen LogP contribution >= 0.6 is 38.6 Å². The van der Waals surface area contributed by atoms with Crippen molar-refractivity contribution >= 4 is 60.7 Å². The van der Waals surface area contributed by atoms with Crippen LogP contribution in [0.25, 0.3) is 10.2 Å². The van der Waals surface area contributed by atoms with Gasteiger partial charge in [0.1, 0.15) is 13.2 Å². The van der Waals surface area contributed by atoms with E-state index in [9.17, 15) is 9.59 Å². The van der Waals surface area contributed by atoms with Crippen LogP contribution in [0.3, 0.4) is 0 Å². The maximum Gasteiger partial charge on any atom is 0.307 e. The maximum atomic E-state index is 12.6. The number of carbonyl (C=O) groups is 2. The fraction of sp³-hybridized carbons (Fsp3) is 0.316. The van der Waals surface area contributed by atoms with Gasteiger partial charge < -0.3 is 18.8 Å². The number of rotatable bonds is 5. The number of thiazole rings is 1. The van der Waals surface area contributed by atoms with Crippen molar-refractivity contribution in [1.82, 2.24) is 4.57 Å². The minimum atomic E-state index is -0.325. The monoisotopic (exact) mass is 496 g/mol. The van der Waals surface area contributed by atoms with Crippen LogP contribution in [0.15, 0.2) is 33.0 Å². The molecule has 3 aromatic rings. The molecule has 7 nitrogen and oxygen atoms in total. The van der Waals surface area contributed by atoms with Gasteiger partial charge in [0.2, 0.25) is 0 Å². The second-order valence-electron chi connectivity index (χ2n) is 6.08. The van der Waals surface area contributed by atoms with Crippen molar-refractivity contribution in [1.29, 1.82) is 0 Å². The molecule has 2 aromatic heterocycles. The standard InChI is InChI=1S/C19H17BrN2O5S2/c1-2-25-17(23)5-6-22-11-9-12-13(27-8-7-26-12)10-15(11)29-19(22)21-18(24)14-3-4-16(20)28-14/h3-4,9-10H,2,5-8H2,1H3. The van der Waals surface area contributed by atoms with Crippen LogP contribution in [0.5, 0.6) is 11.5 Å². The Kier molecular flexibility index (Phi) is 6.02. The Bertz CT molecular complexity index is 1150. The van der Waals surface area contributed by atoms with Gasteiger partial charge in [-0.1, -0.05) is 11.3 Å². The number of fused-ring (bicyclic) bond motifs is 2. The van der Waals surface area contributed by atoms with Crippen molar-refractivity contribution in [2.75, 3.05) is 19.8 Å². The van der Waals surface area contributed by atoms with Gasteiger partial charge >= 0.3 is 5.97 Å². The topological polar surface area (TPSA) is 79.1 Å². The normalized spacial score (nSPS) is 13.7. The second kappa shape index (κ2) is 8.68. The first-order chi connectivity index (χ1) is 14.0. The summed E-state index contributed by atoms with van der Waals surface area (Å²) in [7, 11) is 0. The lowest BCUT2D eigenvalue weighted by atomic mass is 10.2. The maximum absolute atomic E-state index is 12.6. The highest BCUT2D eigenvalue weighted by molar-refractivity contribution is 9.11. The van der Waals surface area contributed by atoms with E-state index >= 15 is 0 Å². The lowest BCUT2D eigenvalue weighted by Crippen LogP contribution is -2.20. The van der Waals surface area contributed by atoms with Crippen molar-refractivity contribution < 1.29 is 23.8 Å². The zero-order valence-corrected chi connectivity index (χ0v) is 18.7. The first-order valence-corrected chi connectivity index (χ1v) is 11.4. The molecule has 0 spiro atoms. The van der Waals surface area contributed by atoms with Gasteiger partial charge in [-0.2, -0.15) is 4.99 Å². The van der Waals surface area contributed by atoms with E-state index in [0.717, 1.165) is 14.0 Å². The second-order valence-corrected chi connectivity index (χ2v) is 9.55. The first-order valence-electron chi connectivity index (χ1n) is 8.98. The van der Waals surface area contributed by atoms with E-state index in [2.05, 4.69) is 20.9 Å². The van der Waals surface area contributed by atoms with Crippen LogP contribution in [0.1, 0.15) is 23.0 Å². The van der Waals surface area contributed by atoms with Gasteiger partial charge in [-0.3, -0.25) is 9.59 Å². The van der Waals surface area contributed by atoms with E-state index in [1.807, 2.05) is 22.8 Å². The minimum Gasteiger partial charge on any atom is -0.486 e. The molecule has 0 radical (unpaired) electrons. The van der Waals surface area contributed by atoms with E-state index in [1.54, 1.807) is 13.0 Å². The zero-order valence-electron chi connectivity index (χ0n) is 15.5. The molecule has 1 aliphatic heterocycles. The number of ether oxygens (including phenoxy) is 3. The average Bonchev–Trinajstić information content (AvgIpc) is 3.28. The molecule has 0 bridgehead atoms. The van der Waals surface area contributed by atoms with Gasteiger partial charge in [0.15, 0.2) is 16.3 Å². The Morgan fingerprint density at radius 1 is 1.21 bits per heavy atom. The number of hydrogen-bond donors (Lipinski definition) is 0. The predicted molar refractivity (Wildman–Crippen MR) is 114 cm³/mol. The molecule has 0 fully saturated rings. The third-order valence-electron chi connectivity index (χ3n) is 4.17. The Morgan fingerprint density at radius 3 is 2.66 bits per heavy atom. The largest absolute Gasteiger partial charge is 0.486 e. The van der Waals surface area contributed by atoms with Crippen LogP contribution in [-0.4, -0.2) is 36.3 Å². The molecule has 0 unspecified atom stereocenters. The molecule has 1 amide bonds. The number of thiophene rings is 1. The highest BCUT2D eigenvalue weighted by Gasteiger charge is 2.18. The van der Waals surface area contributed by atoms with Crippen LogP contribution in [0, 0.1) is 0 Å². The number of carbonyl (C=O) groups excluding carboxylic acids is 2. The summed E-state index contributed by atoms with van der Waals surface area (Å²) in [6.07, 6.45) is 0.181. The number of halogens is 1. The fourth-order valence-corrected chi connectivity index (χ4v) is 5.25. The van der Waals surface area contributed by atoms with Gasteiger partial charge in [-0.25, -0.2) is 0 Å². The molecule has 0 saturated carbocycles. The molecule has 0 aliphatic carbocycles. The van der Waals surface area contributed by atoms with Crippen LogP contribution in [0.4, 0.5) is 0 Å². The van der Waals surface area contributed by atoms with E-state index in [-0.39, 0.29) is 18.3 Å². The van der Waals surface area contributed by atoms with Crippen LogP contribution < -0.4 is 14.3 Å². The molecule has 0 saturated heterocycles. The van der Waals surface area contributed by atoms with Crippen molar-refractivity contribution in [3.63, 3.8) is 0 Å². The number of amides is 1. The van der Waals surface area contributed by atoms with Crippen molar-refractivity contribution in [2.45, 2.75) is 19.9 Å². The molecule has 4 rings (SSSR count). The Morgan fingerprint density at radius 2 is 1.97 bits per heavy atom. The summed E-state index contributed by atoms with van der Waals surface area (Å²) in [5, 5.41) is 0. The van der Waals surface area contributed by atoms with E-state index in [0.29, 0.717) is 47.5 Å².